The van der Waals surface area contributed by atoms with Gasteiger partial charge in [0.1, 0.15) is 6.04 Å². The van der Waals surface area contributed by atoms with Gasteiger partial charge in [0.25, 0.3) is 0 Å². The van der Waals surface area contributed by atoms with Gasteiger partial charge in [0.05, 0.1) is 0 Å². The molecular formula is C14H21N3O3S. The topological polar surface area (TPSA) is 71.4 Å². The molecule has 1 saturated heterocycles. The molecule has 0 saturated carbocycles. The van der Waals surface area contributed by atoms with E-state index in [4.69, 9.17) is 0 Å². The summed E-state index contributed by atoms with van der Waals surface area (Å²) in [5.74, 6) is -0.0698. The van der Waals surface area contributed by atoms with Gasteiger partial charge in [-0.1, -0.05) is 18.3 Å². The normalized spacial score (nSPS) is 18.7. The van der Waals surface area contributed by atoms with Gasteiger partial charge in [-0.25, -0.2) is 0 Å². The SMILES string of the molecule is CCC1C(=O)NCCN1C(=O)CCCn1c(C)csc1=O. The second-order valence-corrected chi connectivity index (χ2v) is 6.02. The molecule has 2 heterocycles. The second kappa shape index (κ2) is 6.89. The predicted molar refractivity (Wildman–Crippen MR) is 81.4 cm³/mol. The maximum Gasteiger partial charge on any atom is 0.307 e. The van der Waals surface area contributed by atoms with Crippen molar-refractivity contribution in [2.24, 2.45) is 0 Å². The average Bonchev–Trinajstić information content (AvgIpc) is 2.78. The van der Waals surface area contributed by atoms with E-state index in [9.17, 15) is 14.4 Å². The van der Waals surface area contributed by atoms with E-state index in [2.05, 4.69) is 5.32 Å². The first-order chi connectivity index (χ1) is 10.0. The van der Waals surface area contributed by atoms with Gasteiger partial charge in [0.15, 0.2) is 0 Å². The smallest absolute Gasteiger partial charge is 0.307 e. The zero-order chi connectivity index (χ0) is 15.4. The summed E-state index contributed by atoms with van der Waals surface area (Å²) < 4.78 is 1.69. The molecular weight excluding hydrogens is 290 g/mol. The van der Waals surface area contributed by atoms with Crippen LogP contribution >= 0.6 is 11.3 Å². The molecule has 2 amide bonds. The first-order valence-corrected chi connectivity index (χ1v) is 8.14. The number of aromatic nitrogens is 1. The minimum absolute atomic E-state index is 0.00219. The standard InChI is InChI=1S/C14H21N3O3S/c1-3-11-13(19)15-6-8-17(11)12(18)5-4-7-16-10(2)9-21-14(16)20/h9,11H,3-8H2,1-2H3,(H,15,19). The van der Waals surface area contributed by atoms with Crippen LogP contribution in [0.3, 0.4) is 0 Å². The minimum atomic E-state index is -0.350. The van der Waals surface area contributed by atoms with Crippen molar-refractivity contribution in [3.63, 3.8) is 0 Å². The summed E-state index contributed by atoms with van der Waals surface area (Å²) in [6, 6.07) is -0.350. The molecule has 21 heavy (non-hydrogen) atoms. The number of nitrogens with one attached hydrogen (secondary N) is 1. The predicted octanol–water partition coefficient (Wildman–Crippen LogP) is 0.735. The van der Waals surface area contributed by atoms with Gasteiger partial charge in [-0.15, -0.1) is 0 Å². The molecule has 0 spiro atoms. The van der Waals surface area contributed by atoms with Gasteiger partial charge >= 0.3 is 4.87 Å². The highest BCUT2D eigenvalue weighted by Crippen LogP contribution is 2.12. The first-order valence-electron chi connectivity index (χ1n) is 7.26. The van der Waals surface area contributed by atoms with Crippen LogP contribution in [0.25, 0.3) is 0 Å². The maximum absolute atomic E-state index is 12.3. The Bertz CT molecular complexity index is 578. The number of piperazine rings is 1. The summed E-state index contributed by atoms with van der Waals surface area (Å²) in [6.45, 7) is 5.44. The third-order valence-electron chi connectivity index (χ3n) is 3.79. The fourth-order valence-corrected chi connectivity index (χ4v) is 3.39. The molecule has 1 atom stereocenters. The van der Waals surface area contributed by atoms with Crippen LogP contribution in [0.2, 0.25) is 0 Å². The molecule has 1 N–H and O–H groups in total. The van der Waals surface area contributed by atoms with E-state index in [-0.39, 0.29) is 22.7 Å². The highest BCUT2D eigenvalue weighted by atomic mass is 32.1. The first kappa shape index (κ1) is 15.8. The molecule has 1 aliphatic heterocycles. The van der Waals surface area contributed by atoms with Crippen molar-refractivity contribution in [2.75, 3.05) is 13.1 Å². The average molecular weight is 311 g/mol. The Kier molecular flexibility index (Phi) is 5.17. The second-order valence-electron chi connectivity index (χ2n) is 5.20. The Morgan fingerprint density at radius 1 is 1.48 bits per heavy atom. The lowest BCUT2D eigenvalue weighted by atomic mass is 10.1. The van der Waals surface area contributed by atoms with Gasteiger partial charge in [-0.05, 0) is 19.8 Å². The summed E-state index contributed by atoms with van der Waals surface area (Å²) in [5, 5.41) is 4.61. The summed E-state index contributed by atoms with van der Waals surface area (Å²) in [4.78, 5) is 37.3. The lowest BCUT2D eigenvalue weighted by Gasteiger charge is -2.34. The fourth-order valence-electron chi connectivity index (χ4n) is 2.63. The van der Waals surface area contributed by atoms with Gasteiger partial charge in [-0.3, -0.25) is 14.4 Å². The summed E-state index contributed by atoms with van der Waals surface area (Å²) in [6.07, 6.45) is 1.61. The van der Waals surface area contributed by atoms with E-state index in [1.54, 1.807) is 9.47 Å². The Balaban J connectivity index is 1.89. The molecule has 1 unspecified atom stereocenters. The molecule has 116 valence electrons. The van der Waals surface area contributed by atoms with Crippen LogP contribution in [0.15, 0.2) is 10.2 Å². The van der Waals surface area contributed by atoms with Gasteiger partial charge < -0.3 is 14.8 Å². The molecule has 1 fully saturated rings. The van der Waals surface area contributed by atoms with Crippen LogP contribution in [-0.4, -0.2) is 40.4 Å². The number of nitrogens with zero attached hydrogens (tertiary/aromatic N) is 2. The van der Waals surface area contributed by atoms with Crippen molar-refractivity contribution >= 4 is 23.2 Å². The number of aryl methyl sites for hydroxylation is 1. The van der Waals surface area contributed by atoms with Crippen LogP contribution in [0.1, 0.15) is 31.9 Å². The van der Waals surface area contributed by atoms with Gasteiger partial charge in [0.2, 0.25) is 11.8 Å². The zero-order valence-electron chi connectivity index (χ0n) is 12.4. The molecule has 1 aromatic rings. The molecule has 7 heteroatoms. The van der Waals surface area contributed by atoms with E-state index in [0.717, 1.165) is 5.69 Å². The van der Waals surface area contributed by atoms with Crippen LogP contribution < -0.4 is 10.2 Å². The molecule has 2 rings (SSSR count). The molecule has 6 nitrogen and oxygen atoms in total. The third-order valence-corrected chi connectivity index (χ3v) is 4.67. The highest BCUT2D eigenvalue weighted by Gasteiger charge is 2.30. The molecule has 1 aliphatic rings. The van der Waals surface area contributed by atoms with Crippen molar-refractivity contribution < 1.29 is 9.59 Å². The number of carbonyl (C=O) groups is 2. The fraction of sp³-hybridized carbons (Fsp3) is 0.643. The summed E-state index contributed by atoms with van der Waals surface area (Å²) in [7, 11) is 0. The summed E-state index contributed by atoms with van der Waals surface area (Å²) >= 11 is 1.18. The van der Waals surface area contributed by atoms with E-state index in [1.165, 1.54) is 11.3 Å². The highest BCUT2D eigenvalue weighted by molar-refractivity contribution is 7.07. The minimum Gasteiger partial charge on any atom is -0.353 e. The van der Waals surface area contributed by atoms with E-state index >= 15 is 0 Å². The monoisotopic (exact) mass is 311 g/mol. The Morgan fingerprint density at radius 3 is 2.86 bits per heavy atom. The molecule has 0 bridgehead atoms. The van der Waals surface area contributed by atoms with E-state index in [1.807, 2.05) is 19.2 Å². The van der Waals surface area contributed by atoms with E-state index in [0.29, 0.717) is 38.9 Å². The largest absolute Gasteiger partial charge is 0.353 e. The van der Waals surface area contributed by atoms with Gasteiger partial charge in [0, 0.05) is 37.1 Å². The number of hydrogen-bond acceptors (Lipinski definition) is 4. The maximum atomic E-state index is 12.3. The third kappa shape index (κ3) is 3.53. The Morgan fingerprint density at radius 2 is 2.24 bits per heavy atom. The number of carbonyl (C=O) groups excluding carboxylic acids is 2. The van der Waals surface area contributed by atoms with Crippen LogP contribution in [0, 0.1) is 6.92 Å². The van der Waals surface area contributed by atoms with Crippen molar-refractivity contribution in [2.45, 2.75) is 45.7 Å². The molecule has 0 aliphatic carbocycles. The lowest BCUT2D eigenvalue weighted by molar-refractivity contribution is -0.143. The number of rotatable bonds is 5. The quantitative estimate of drug-likeness (QED) is 0.871. The molecule has 1 aromatic heterocycles. The lowest BCUT2D eigenvalue weighted by Crippen LogP contribution is -2.56. The number of thiazole rings is 1. The van der Waals surface area contributed by atoms with Crippen LogP contribution in [0.5, 0.6) is 0 Å². The van der Waals surface area contributed by atoms with Crippen molar-refractivity contribution in [3.05, 3.63) is 20.7 Å². The summed E-state index contributed by atoms with van der Waals surface area (Å²) in [5.41, 5.74) is 0.932. The van der Waals surface area contributed by atoms with Crippen LogP contribution in [0.4, 0.5) is 0 Å². The Hall–Kier alpha value is -1.63. The zero-order valence-corrected chi connectivity index (χ0v) is 13.2. The van der Waals surface area contributed by atoms with E-state index < -0.39 is 0 Å². The number of hydrogen-bond donors (Lipinski definition) is 1. The van der Waals surface area contributed by atoms with Gasteiger partial charge in [-0.2, -0.15) is 0 Å². The Labute approximate surface area is 127 Å². The van der Waals surface area contributed by atoms with Crippen molar-refractivity contribution in [3.8, 4) is 0 Å². The molecule has 0 aromatic carbocycles. The van der Waals surface area contributed by atoms with Crippen LogP contribution in [-0.2, 0) is 16.1 Å². The number of amides is 2. The van der Waals surface area contributed by atoms with Crippen molar-refractivity contribution in [1.82, 2.24) is 14.8 Å². The molecule has 0 radical (unpaired) electrons. The van der Waals surface area contributed by atoms with Crippen molar-refractivity contribution in [1.29, 1.82) is 0 Å².